The molecule has 0 spiro atoms. The van der Waals surface area contributed by atoms with Crippen LogP contribution in [-0.4, -0.2) is 42.1 Å². The van der Waals surface area contributed by atoms with Crippen LogP contribution in [0.25, 0.3) is 0 Å². The monoisotopic (exact) mass is 326 g/mol. The molecule has 122 valence electrons. The van der Waals surface area contributed by atoms with Crippen LogP contribution in [0.5, 0.6) is 0 Å². The van der Waals surface area contributed by atoms with Gasteiger partial charge in [0.05, 0.1) is 12.2 Å². The summed E-state index contributed by atoms with van der Waals surface area (Å²) in [6, 6.07) is 1.65. The molecule has 2 heterocycles. The maximum absolute atomic E-state index is 12.0. The SMILES string of the molecule is O=c1cc2c(nn1CCNS(=O)(=O)N1CCCC1)CCCC2. The van der Waals surface area contributed by atoms with Crippen LogP contribution in [0.15, 0.2) is 10.9 Å². The number of aryl methyl sites for hydroxylation is 2. The highest BCUT2D eigenvalue weighted by Crippen LogP contribution is 2.16. The largest absolute Gasteiger partial charge is 0.279 e. The van der Waals surface area contributed by atoms with Gasteiger partial charge < -0.3 is 0 Å². The maximum Gasteiger partial charge on any atom is 0.279 e. The summed E-state index contributed by atoms with van der Waals surface area (Å²) in [6.45, 7) is 1.60. The van der Waals surface area contributed by atoms with E-state index >= 15 is 0 Å². The summed E-state index contributed by atoms with van der Waals surface area (Å²) < 4.78 is 29.5. The van der Waals surface area contributed by atoms with Crippen molar-refractivity contribution in [3.8, 4) is 0 Å². The van der Waals surface area contributed by atoms with Crippen molar-refractivity contribution in [3.05, 3.63) is 27.7 Å². The van der Waals surface area contributed by atoms with Crippen LogP contribution < -0.4 is 10.3 Å². The van der Waals surface area contributed by atoms with Crippen LogP contribution in [0, 0.1) is 0 Å². The first-order chi connectivity index (χ1) is 10.6. The van der Waals surface area contributed by atoms with Gasteiger partial charge in [0.15, 0.2) is 0 Å². The smallest absolute Gasteiger partial charge is 0.268 e. The Morgan fingerprint density at radius 3 is 2.64 bits per heavy atom. The molecule has 1 saturated heterocycles. The van der Waals surface area contributed by atoms with Crippen molar-refractivity contribution in [3.63, 3.8) is 0 Å². The highest BCUT2D eigenvalue weighted by Gasteiger charge is 2.24. The topological polar surface area (TPSA) is 84.3 Å². The molecule has 3 rings (SSSR count). The Bertz CT molecular complexity index is 693. The van der Waals surface area contributed by atoms with Gasteiger partial charge >= 0.3 is 0 Å². The van der Waals surface area contributed by atoms with Crippen molar-refractivity contribution in [1.29, 1.82) is 0 Å². The first kappa shape index (κ1) is 15.6. The number of hydrogen-bond acceptors (Lipinski definition) is 4. The van der Waals surface area contributed by atoms with Crippen molar-refractivity contribution < 1.29 is 8.42 Å². The summed E-state index contributed by atoms with van der Waals surface area (Å²) >= 11 is 0. The zero-order chi connectivity index (χ0) is 15.6. The van der Waals surface area contributed by atoms with Gasteiger partial charge in [0, 0.05) is 25.7 Å². The Morgan fingerprint density at radius 2 is 1.86 bits per heavy atom. The highest BCUT2D eigenvalue weighted by atomic mass is 32.2. The van der Waals surface area contributed by atoms with E-state index in [1.165, 1.54) is 8.99 Å². The summed E-state index contributed by atoms with van der Waals surface area (Å²) in [6.07, 6.45) is 5.84. The van der Waals surface area contributed by atoms with Crippen LogP contribution in [0.3, 0.4) is 0 Å². The molecule has 0 radical (unpaired) electrons. The van der Waals surface area contributed by atoms with Crippen molar-refractivity contribution in [2.75, 3.05) is 19.6 Å². The lowest BCUT2D eigenvalue weighted by molar-refractivity contribution is 0.457. The number of hydrogen-bond donors (Lipinski definition) is 1. The van der Waals surface area contributed by atoms with E-state index in [2.05, 4.69) is 9.82 Å². The van der Waals surface area contributed by atoms with Crippen molar-refractivity contribution in [1.82, 2.24) is 18.8 Å². The Hall–Kier alpha value is -1.25. The third kappa shape index (κ3) is 3.39. The fraction of sp³-hybridized carbons (Fsp3) is 0.714. The number of fused-ring (bicyclic) bond motifs is 1. The maximum atomic E-state index is 12.0. The summed E-state index contributed by atoms with van der Waals surface area (Å²) in [5.41, 5.74) is 1.87. The van der Waals surface area contributed by atoms with Crippen LogP contribution in [0.1, 0.15) is 36.9 Å². The molecule has 0 saturated carbocycles. The van der Waals surface area contributed by atoms with Crippen LogP contribution in [0.2, 0.25) is 0 Å². The van der Waals surface area contributed by atoms with Gasteiger partial charge in [0.1, 0.15) is 0 Å². The molecule has 0 aromatic carbocycles. The fourth-order valence-electron chi connectivity index (χ4n) is 3.06. The fourth-order valence-corrected chi connectivity index (χ4v) is 4.33. The molecular formula is C14H22N4O3S. The molecule has 7 nitrogen and oxygen atoms in total. The minimum absolute atomic E-state index is 0.152. The average molecular weight is 326 g/mol. The Kier molecular flexibility index (Phi) is 4.60. The van der Waals surface area contributed by atoms with Gasteiger partial charge in [-0.15, -0.1) is 0 Å². The third-order valence-corrected chi connectivity index (χ3v) is 5.90. The van der Waals surface area contributed by atoms with Gasteiger partial charge in [0.2, 0.25) is 0 Å². The average Bonchev–Trinajstić information content (AvgIpc) is 3.03. The van der Waals surface area contributed by atoms with Gasteiger partial charge in [-0.25, -0.2) is 9.40 Å². The van der Waals surface area contributed by atoms with Gasteiger partial charge in [-0.2, -0.15) is 17.8 Å². The normalized spacial score (nSPS) is 19.3. The van der Waals surface area contributed by atoms with E-state index in [9.17, 15) is 13.2 Å². The van der Waals surface area contributed by atoms with E-state index < -0.39 is 10.2 Å². The van der Waals surface area contributed by atoms with Gasteiger partial charge in [-0.3, -0.25) is 4.79 Å². The number of nitrogens with zero attached hydrogens (tertiary/aromatic N) is 3. The lowest BCUT2D eigenvalue weighted by atomic mass is 9.97. The molecule has 2 aliphatic rings. The molecule has 22 heavy (non-hydrogen) atoms. The molecule has 1 aliphatic carbocycles. The second kappa shape index (κ2) is 6.47. The van der Waals surface area contributed by atoms with E-state index in [4.69, 9.17) is 0 Å². The Labute approximate surface area is 130 Å². The molecule has 0 unspecified atom stereocenters. The summed E-state index contributed by atoms with van der Waals surface area (Å²) in [7, 11) is -3.42. The molecule has 1 aromatic rings. The number of rotatable bonds is 5. The van der Waals surface area contributed by atoms with E-state index in [-0.39, 0.29) is 18.6 Å². The van der Waals surface area contributed by atoms with Gasteiger partial charge in [-0.1, -0.05) is 0 Å². The predicted molar refractivity (Wildman–Crippen MR) is 82.9 cm³/mol. The minimum atomic E-state index is -3.42. The van der Waals surface area contributed by atoms with E-state index in [1.807, 2.05) is 0 Å². The van der Waals surface area contributed by atoms with Crippen molar-refractivity contribution in [2.45, 2.75) is 45.1 Å². The summed E-state index contributed by atoms with van der Waals surface area (Å²) in [4.78, 5) is 12.0. The Balaban J connectivity index is 1.63. The lowest BCUT2D eigenvalue weighted by Gasteiger charge is -2.17. The van der Waals surface area contributed by atoms with E-state index in [1.54, 1.807) is 6.07 Å². The molecule has 8 heteroatoms. The van der Waals surface area contributed by atoms with Gasteiger partial charge in [-0.05, 0) is 44.1 Å². The number of aromatic nitrogens is 2. The second-order valence-corrected chi connectivity index (χ2v) is 7.65. The Morgan fingerprint density at radius 1 is 1.14 bits per heavy atom. The number of nitrogens with one attached hydrogen (secondary N) is 1. The minimum Gasteiger partial charge on any atom is -0.268 e. The van der Waals surface area contributed by atoms with Crippen LogP contribution in [-0.2, 0) is 29.6 Å². The molecular weight excluding hydrogens is 304 g/mol. The van der Waals surface area contributed by atoms with E-state index in [0.717, 1.165) is 49.8 Å². The predicted octanol–water partition coefficient (Wildman–Crippen LogP) is 0.0523. The van der Waals surface area contributed by atoms with Gasteiger partial charge in [0.25, 0.3) is 15.8 Å². The standard InChI is InChI=1S/C14H22N4O3S/c19-14-11-12-5-1-2-6-13(12)16-18(14)10-7-15-22(20,21)17-8-3-4-9-17/h11,15H,1-10H2. The molecule has 0 bridgehead atoms. The van der Waals surface area contributed by atoms with E-state index in [0.29, 0.717) is 13.1 Å². The highest BCUT2D eigenvalue weighted by molar-refractivity contribution is 7.87. The molecule has 1 aliphatic heterocycles. The lowest BCUT2D eigenvalue weighted by Crippen LogP contribution is -2.41. The first-order valence-corrected chi connectivity index (χ1v) is 9.35. The van der Waals surface area contributed by atoms with Crippen LogP contribution >= 0.6 is 0 Å². The summed E-state index contributed by atoms with van der Waals surface area (Å²) in [5.74, 6) is 0. The van der Waals surface area contributed by atoms with Crippen molar-refractivity contribution in [2.24, 2.45) is 0 Å². The molecule has 1 aromatic heterocycles. The quantitative estimate of drug-likeness (QED) is 0.829. The third-order valence-electron chi connectivity index (χ3n) is 4.29. The molecule has 1 N–H and O–H groups in total. The second-order valence-electron chi connectivity index (χ2n) is 5.89. The molecule has 1 fully saturated rings. The zero-order valence-electron chi connectivity index (χ0n) is 12.6. The zero-order valence-corrected chi connectivity index (χ0v) is 13.4. The molecule has 0 amide bonds. The van der Waals surface area contributed by atoms with Crippen molar-refractivity contribution >= 4 is 10.2 Å². The summed E-state index contributed by atoms with van der Waals surface area (Å²) in [5, 5.41) is 4.39. The van der Waals surface area contributed by atoms with Crippen LogP contribution in [0.4, 0.5) is 0 Å². The first-order valence-electron chi connectivity index (χ1n) is 7.91. The molecule has 0 atom stereocenters.